The van der Waals surface area contributed by atoms with E-state index in [9.17, 15) is 9.59 Å². The summed E-state index contributed by atoms with van der Waals surface area (Å²) < 4.78 is 4.96. The van der Waals surface area contributed by atoms with Gasteiger partial charge < -0.3 is 20.1 Å². The fraction of sp³-hybridized carbons (Fsp3) is 0.235. The Bertz CT molecular complexity index is 922. The summed E-state index contributed by atoms with van der Waals surface area (Å²) in [7, 11) is 1.58. The average Bonchev–Trinajstić information content (AvgIpc) is 2.99. The van der Waals surface area contributed by atoms with Crippen LogP contribution in [0.5, 0.6) is 0 Å². The molecule has 0 radical (unpaired) electrons. The largest absolute Gasteiger partial charge is 0.360 e. The number of hydrogen-bond donors (Lipinski definition) is 2. The van der Waals surface area contributed by atoms with E-state index >= 15 is 0 Å². The van der Waals surface area contributed by atoms with E-state index in [-0.39, 0.29) is 16.9 Å². The van der Waals surface area contributed by atoms with Crippen molar-refractivity contribution in [3.8, 4) is 0 Å². The van der Waals surface area contributed by atoms with E-state index in [0.717, 1.165) is 0 Å². The van der Waals surface area contributed by atoms with Gasteiger partial charge in [0.2, 0.25) is 0 Å². The van der Waals surface area contributed by atoms with Gasteiger partial charge in [-0.2, -0.15) is 0 Å². The van der Waals surface area contributed by atoms with Crippen LogP contribution in [0.4, 0.5) is 10.6 Å². The number of rotatable bonds is 3. The smallest absolute Gasteiger partial charge is 0.322 e. The number of aromatic nitrogens is 1. The van der Waals surface area contributed by atoms with E-state index in [1.165, 1.54) is 4.90 Å². The second kappa shape index (κ2) is 7.01. The quantitative estimate of drug-likeness (QED) is 0.825. The van der Waals surface area contributed by atoms with Gasteiger partial charge in [0, 0.05) is 18.8 Å². The lowest BCUT2D eigenvalue weighted by Crippen LogP contribution is -2.46. The number of allylic oxidation sites excluding steroid dienone is 1. The van der Waals surface area contributed by atoms with Crippen molar-refractivity contribution >= 4 is 41.0 Å². The van der Waals surface area contributed by atoms with Crippen LogP contribution in [-0.4, -0.2) is 29.0 Å². The highest BCUT2D eigenvalue weighted by molar-refractivity contribution is 6.42. The standard InChI is InChI=1S/C17H16Cl2N4O3/c1-8-7-12(22-26-8)20-16(24)13-9(2)23(3)17(25)21-15(13)10-5-4-6-11(18)14(10)19/h4-7,15H,1-3H3,(H,21,25)(H,20,22,24). The van der Waals surface area contributed by atoms with Gasteiger partial charge in [-0.15, -0.1) is 0 Å². The molecule has 1 unspecified atom stereocenters. The molecule has 1 aromatic carbocycles. The predicted octanol–water partition coefficient (Wildman–Crippen LogP) is 3.90. The SMILES string of the molecule is CC1=C(C(=O)Nc2cc(C)on2)C(c2cccc(Cl)c2Cl)NC(=O)N1C. The fourth-order valence-electron chi connectivity index (χ4n) is 2.72. The number of urea groups is 1. The van der Waals surface area contributed by atoms with Crippen LogP contribution in [0.1, 0.15) is 24.3 Å². The van der Waals surface area contributed by atoms with Gasteiger partial charge in [-0.1, -0.05) is 40.5 Å². The van der Waals surface area contributed by atoms with Crippen LogP contribution >= 0.6 is 23.2 Å². The highest BCUT2D eigenvalue weighted by atomic mass is 35.5. The van der Waals surface area contributed by atoms with Crippen LogP contribution in [0.15, 0.2) is 40.1 Å². The van der Waals surface area contributed by atoms with Crippen LogP contribution in [0.2, 0.25) is 10.0 Å². The predicted molar refractivity (Wildman–Crippen MR) is 98.1 cm³/mol. The molecule has 3 rings (SSSR count). The highest BCUT2D eigenvalue weighted by Gasteiger charge is 2.35. The van der Waals surface area contributed by atoms with E-state index in [0.29, 0.717) is 27.6 Å². The fourth-order valence-corrected chi connectivity index (χ4v) is 3.13. The molecule has 9 heteroatoms. The first-order valence-electron chi connectivity index (χ1n) is 7.73. The lowest BCUT2D eigenvalue weighted by atomic mass is 9.94. The number of halogens is 2. The van der Waals surface area contributed by atoms with E-state index in [4.69, 9.17) is 27.7 Å². The Morgan fingerprint density at radius 2 is 2.08 bits per heavy atom. The first-order chi connectivity index (χ1) is 12.3. The minimum Gasteiger partial charge on any atom is -0.360 e. The zero-order valence-corrected chi connectivity index (χ0v) is 15.8. The van der Waals surface area contributed by atoms with Crippen molar-refractivity contribution in [3.05, 3.63) is 56.9 Å². The van der Waals surface area contributed by atoms with Crippen LogP contribution in [0, 0.1) is 6.92 Å². The summed E-state index contributed by atoms with van der Waals surface area (Å²) in [5, 5.41) is 9.83. The second-order valence-corrected chi connectivity index (χ2v) is 6.65. The number of nitrogens with zero attached hydrogens (tertiary/aromatic N) is 2. The molecule has 0 bridgehead atoms. The molecular weight excluding hydrogens is 379 g/mol. The summed E-state index contributed by atoms with van der Waals surface area (Å²) >= 11 is 12.4. The molecule has 2 aromatic rings. The van der Waals surface area contributed by atoms with Crippen LogP contribution in [-0.2, 0) is 4.79 Å². The van der Waals surface area contributed by atoms with Crippen LogP contribution in [0.25, 0.3) is 0 Å². The lowest BCUT2D eigenvalue weighted by molar-refractivity contribution is -0.113. The third kappa shape index (κ3) is 3.27. The summed E-state index contributed by atoms with van der Waals surface area (Å²) in [6.45, 7) is 3.41. The van der Waals surface area contributed by atoms with Crippen molar-refractivity contribution in [3.63, 3.8) is 0 Å². The Morgan fingerprint density at radius 3 is 2.73 bits per heavy atom. The Morgan fingerprint density at radius 1 is 1.35 bits per heavy atom. The number of benzene rings is 1. The van der Waals surface area contributed by atoms with Crippen molar-refractivity contribution in [2.24, 2.45) is 0 Å². The molecule has 7 nitrogen and oxygen atoms in total. The minimum absolute atomic E-state index is 0.277. The number of carbonyl (C=O) groups excluding carboxylic acids is 2. The van der Waals surface area contributed by atoms with Crippen molar-refractivity contribution in [1.29, 1.82) is 0 Å². The Labute approximate surface area is 159 Å². The van der Waals surface area contributed by atoms with Crippen molar-refractivity contribution < 1.29 is 14.1 Å². The third-order valence-electron chi connectivity index (χ3n) is 4.16. The molecule has 2 N–H and O–H groups in total. The van der Waals surface area contributed by atoms with Crippen LogP contribution in [0.3, 0.4) is 0 Å². The molecule has 0 saturated heterocycles. The van der Waals surface area contributed by atoms with E-state index < -0.39 is 11.9 Å². The monoisotopic (exact) mass is 394 g/mol. The molecule has 0 fully saturated rings. The van der Waals surface area contributed by atoms with E-state index in [1.54, 1.807) is 45.2 Å². The Kier molecular flexibility index (Phi) is 4.93. The van der Waals surface area contributed by atoms with E-state index in [2.05, 4.69) is 15.8 Å². The summed E-state index contributed by atoms with van der Waals surface area (Å²) in [5.41, 5.74) is 1.35. The summed E-state index contributed by atoms with van der Waals surface area (Å²) in [4.78, 5) is 26.5. The highest BCUT2D eigenvalue weighted by Crippen LogP contribution is 2.37. The maximum atomic E-state index is 12.9. The molecule has 0 spiro atoms. The molecule has 1 aliphatic rings. The minimum atomic E-state index is -0.752. The van der Waals surface area contributed by atoms with Gasteiger partial charge in [0.15, 0.2) is 5.82 Å². The number of anilines is 1. The molecule has 26 heavy (non-hydrogen) atoms. The van der Waals surface area contributed by atoms with Gasteiger partial charge in [-0.3, -0.25) is 4.79 Å². The van der Waals surface area contributed by atoms with Gasteiger partial charge in [0.05, 0.1) is 21.7 Å². The maximum Gasteiger partial charge on any atom is 0.322 e. The molecule has 136 valence electrons. The molecule has 1 aromatic heterocycles. The average molecular weight is 395 g/mol. The third-order valence-corrected chi connectivity index (χ3v) is 4.99. The molecular formula is C17H16Cl2N4O3. The van der Waals surface area contributed by atoms with Gasteiger partial charge in [-0.25, -0.2) is 4.79 Å². The van der Waals surface area contributed by atoms with Gasteiger partial charge in [0.1, 0.15) is 5.76 Å². The Hall–Kier alpha value is -2.51. The van der Waals surface area contributed by atoms with Crippen molar-refractivity contribution in [2.45, 2.75) is 19.9 Å². The molecule has 2 heterocycles. The maximum absolute atomic E-state index is 12.9. The number of amides is 3. The molecule has 0 saturated carbocycles. The molecule has 1 aliphatic heterocycles. The van der Waals surface area contributed by atoms with Gasteiger partial charge in [0.25, 0.3) is 5.91 Å². The zero-order chi connectivity index (χ0) is 19.0. The zero-order valence-electron chi connectivity index (χ0n) is 14.3. The summed E-state index contributed by atoms with van der Waals surface area (Å²) in [6, 6.07) is 5.56. The van der Waals surface area contributed by atoms with Gasteiger partial charge >= 0.3 is 6.03 Å². The second-order valence-electron chi connectivity index (χ2n) is 5.86. The number of aryl methyl sites for hydroxylation is 1. The molecule has 0 aliphatic carbocycles. The number of nitrogens with one attached hydrogen (secondary N) is 2. The number of hydrogen-bond acceptors (Lipinski definition) is 4. The normalized spacial score (nSPS) is 17.3. The lowest BCUT2D eigenvalue weighted by Gasteiger charge is -2.34. The topological polar surface area (TPSA) is 87.5 Å². The first-order valence-corrected chi connectivity index (χ1v) is 8.48. The molecule has 1 atom stereocenters. The van der Waals surface area contributed by atoms with E-state index in [1.807, 2.05) is 0 Å². The molecule has 3 amide bonds. The van der Waals surface area contributed by atoms with Crippen molar-refractivity contribution in [1.82, 2.24) is 15.4 Å². The first kappa shape index (κ1) is 18.3. The number of carbonyl (C=O) groups is 2. The summed E-state index contributed by atoms with van der Waals surface area (Å²) in [6.07, 6.45) is 0. The van der Waals surface area contributed by atoms with Crippen LogP contribution < -0.4 is 10.6 Å². The van der Waals surface area contributed by atoms with Gasteiger partial charge in [-0.05, 0) is 25.5 Å². The Balaban J connectivity index is 2.05. The summed E-state index contributed by atoms with van der Waals surface area (Å²) in [5.74, 6) is 0.418. The van der Waals surface area contributed by atoms with Crippen molar-refractivity contribution in [2.75, 3.05) is 12.4 Å².